The van der Waals surface area contributed by atoms with Crippen LogP contribution in [-0.4, -0.2) is 13.9 Å². The Balaban J connectivity index is 0. The second kappa shape index (κ2) is 4.81. The molecular formula is C3H9ClSe. The normalized spacial score (nSPS) is 7.20. The summed E-state index contributed by atoms with van der Waals surface area (Å²) in [4.78, 5) is 0. The molecule has 0 fully saturated rings. The molecule has 0 aliphatic heterocycles. The topological polar surface area (TPSA) is 0 Å². The number of hydrogen-bond acceptors (Lipinski definition) is 0. The first-order valence-corrected chi connectivity index (χ1v) is 6.36. The van der Waals surface area contributed by atoms with E-state index >= 15 is 0 Å². The van der Waals surface area contributed by atoms with Gasteiger partial charge < -0.3 is 12.4 Å². The summed E-state index contributed by atoms with van der Waals surface area (Å²) < 4.78 is 0. The summed E-state index contributed by atoms with van der Waals surface area (Å²) in [6.45, 7) is 0. The van der Waals surface area contributed by atoms with E-state index in [2.05, 4.69) is 17.5 Å². The van der Waals surface area contributed by atoms with Crippen LogP contribution in [0.5, 0.6) is 0 Å². The summed E-state index contributed by atoms with van der Waals surface area (Å²) in [5.74, 6) is 6.88. The first kappa shape index (κ1) is 9.26. The zero-order chi connectivity index (χ0) is 3.58. The monoisotopic (exact) mass is 160 g/mol. The predicted octanol–water partition coefficient (Wildman–Crippen LogP) is -1.63. The molecule has 5 heavy (non-hydrogen) atoms. The van der Waals surface area contributed by atoms with Gasteiger partial charge in [-0.15, -0.1) is 0 Å². The zero-order valence-electron chi connectivity index (χ0n) is 3.79. The van der Waals surface area contributed by atoms with Crippen molar-refractivity contribution < 1.29 is 12.4 Å². The van der Waals surface area contributed by atoms with E-state index in [-0.39, 0.29) is 26.3 Å². The van der Waals surface area contributed by atoms with Crippen LogP contribution in [0.2, 0.25) is 17.5 Å². The molecule has 0 saturated carbocycles. The molecule has 0 rings (SSSR count). The molecule has 0 N–H and O–H groups in total. The molecule has 0 saturated heterocycles. The van der Waals surface area contributed by atoms with Gasteiger partial charge in [0, 0.05) is 0 Å². The summed E-state index contributed by atoms with van der Waals surface area (Å²) >= 11 is -0.0417. The molecule has 2 heteroatoms. The molecule has 0 aromatic heterocycles. The number of halogens is 1. The van der Waals surface area contributed by atoms with Crippen LogP contribution in [0.1, 0.15) is 0 Å². The van der Waals surface area contributed by atoms with E-state index in [1.165, 1.54) is 0 Å². The Morgan fingerprint density at radius 1 is 1.00 bits per heavy atom. The van der Waals surface area contributed by atoms with E-state index in [0.717, 1.165) is 0 Å². The fourth-order valence-electron chi connectivity index (χ4n) is 0. The van der Waals surface area contributed by atoms with Gasteiger partial charge in [0.15, 0.2) is 0 Å². The summed E-state index contributed by atoms with van der Waals surface area (Å²) in [5, 5.41) is 0. The summed E-state index contributed by atoms with van der Waals surface area (Å²) in [7, 11) is 0. The van der Waals surface area contributed by atoms with Gasteiger partial charge in [0.2, 0.25) is 0 Å². The van der Waals surface area contributed by atoms with E-state index in [1.807, 2.05) is 0 Å². The first-order chi connectivity index (χ1) is 1.73. The molecule has 0 unspecified atom stereocenters. The van der Waals surface area contributed by atoms with E-state index in [4.69, 9.17) is 0 Å². The van der Waals surface area contributed by atoms with E-state index < -0.39 is 0 Å². The third kappa shape index (κ3) is 57.9. The third-order valence-corrected chi connectivity index (χ3v) is 0. The Morgan fingerprint density at radius 2 is 1.00 bits per heavy atom. The molecule has 0 bridgehead atoms. The van der Waals surface area contributed by atoms with Gasteiger partial charge in [-0.2, -0.15) is 0 Å². The summed E-state index contributed by atoms with van der Waals surface area (Å²) in [6.07, 6.45) is 0. The fourth-order valence-corrected chi connectivity index (χ4v) is 0. The van der Waals surface area contributed by atoms with Crippen LogP contribution in [-0.2, 0) is 0 Å². The zero-order valence-corrected chi connectivity index (χ0v) is 6.26. The quantitative estimate of drug-likeness (QED) is 0.373. The van der Waals surface area contributed by atoms with Crippen molar-refractivity contribution >= 4 is 13.9 Å². The molecule has 0 radical (unpaired) electrons. The van der Waals surface area contributed by atoms with Gasteiger partial charge in [-0.3, -0.25) is 0 Å². The maximum Gasteiger partial charge on any atom is -1.00 e. The minimum absolute atomic E-state index is 0. The molecule has 0 aromatic carbocycles. The number of rotatable bonds is 0. The summed E-state index contributed by atoms with van der Waals surface area (Å²) in [6, 6.07) is 0. The second-order valence-electron chi connectivity index (χ2n) is 1.22. The molecule has 34 valence electrons. The van der Waals surface area contributed by atoms with E-state index in [1.54, 1.807) is 0 Å². The van der Waals surface area contributed by atoms with Crippen molar-refractivity contribution in [3.63, 3.8) is 0 Å². The largest absolute Gasteiger partial charge is 1.00 e. The van der Waals surface area contributed by atoms with Gasteiger partial charge >= 0.3 is 31.4 Å². The maximum atomic E-state index is 2.29. The molecular weight excluding hydrogens is 150 g/mol. The van der Waals surface area contributed by atoms with Gasteiger partial charge in [0.1, 0.15) is 0 Å². The molecule has 0 aliphatic rings. The minimum atomic E-state index is -0.0417. The predicted molar refractivity (Wildman–Crippen MR) is 23.3 cm³/mol. The fraction of sp³-hybridized carbons (Fsp3) is 1.00. The van der Waals surface area contributed by atoms with Crippen molar-refractivity contribution in [3.8, 4) is 0 Å². The van der Waals surface area contributed by atoms with Gasteiger partial charge in [-0.1, -0.05) is 0 Å². The third-order valence-electron chi connectivity index (χ3n) is 0. The van der Waals surface area contributed by atoms with Crippen molar-refractivity contribution in [2.24, 2.45) is 0 Å². The van der Waals surface area contributed by atoms with Crippen molar-refractivity contribution in [2.45, 2.75) is 17.5 Å². The molecule has 0 aromatic rings. The van der Waals surface area contributed by atoms with Gasteiger partial charge in [0.25, 0.3) is 0 Å². The Morgan fingerprint density at radius 3 is 1.00 bits per heavy atom. The molecule has 0 atom stereocenters. The maximum absolute atomic E-state index is 2.29. The van der Waals surface area contributed by atoms with E-state index in [9.17, 15) is 0 Å². The van der Waals surface area contributed by atoms with Crippen LogP contribution in [0.4, 0.5) is 0 Å². The van der Waals surface area contributed by atoms with Gasteiger partial charge in [0.05, 0.1) is 0 Å². The standard InChI is InChI=1S/C3H9Se.ClH/c1-4(2)3;/h1-3H3;1H/q+1;/p-1. The van der Waals surface area contributed by atoms with Crippen LogP contribution in [0.15, 0.2) is 0 Å². The molecule has 0 spiro atoms. The molecule has 0 heterocycles. The van der Waals surface area contributed by atoms with Crippen molar-refractivity contribution in [3.05, 3.63) is 0 Å². The van der Waals surface area contributed by atoms with Gasteiger partial charge in [-0.25, -0.2) is 0 Å². The average molecular weight is 160 g/mol. The Hall–Kier alpha value is 0.809. The van der Waals surface area contributed by atoms with Crippen LogP contribution in [0, 0.1) is 0 Å². The first-order valence-electron chi connectivity index (χ1n) is 1.22. The van der Waals surface area contributed by atoms with Crippen LogP contribution in [0.25, 0.3) is 0 Å². The molecule has 0 aliphatic carbocycles. The minimum Gasteiger partial charge on any atom is -1.00 e. The molecule has 0 nitrogen and oxygen atoms in total. The van der Waals surface area contributed by atoms with Crippen molar-refractivity contribution in [1.29, 1.82) is 0 Å². The summed E-state index contributed by atoms with van der Waals surface area (Å²) in [5.41, 5.74) is 0. The van der Waals surface area contributed by atoms with E-state index in [0.29, 0.717) is 0 Å². The number of hydrogen-bond donors (Lipinski definition) is 0. The average Bonchev–Trinajstić information content (AvgIpc) is 0.811. The molecule has 0 amide bonds. The Bertz CT molecular complexity index is 11.6. The van der Waals surface area contributed by atoms with Crippen LogP contribution < -0.4 is 12.4 Å². The Kier molecular flexibility index (Phi) is 8.91. The second-order valence-corrected chi connectivity index (χ2v) is 6.36. The van der Waals surface area contributed by atoms with Crippen LogP contribution >= 0.6 is 0 Å². The van der Waals surface area contributed by atoms with Crippen molar-refractivity contribution in [2.75, 3.05) is 0 Å². The Labute approximate surface area is 44.2 Å². The smallest absolute Gasteiger partial charge is 1.00 e. The van der Waals surface area contributed by atoms with Gasteiger partial charge in [-0.05, 0) is 0 Å². The van der Waals surface area contributed by atoms with Crippen molar-refractivity contribution in [1.82, 2.24) is 0 Å². The SMILES string of the molecule is C[Se+](C)C.[Cl-]. The van der Waals surface area contributed by atoms with Crippen LogP contribution in [0.3, 0.4) is 0 Å².